The summed E-state index contributed by atoms with van der Waals surface area (Å²) in [5, 5.41) is 1.88. The summed E-state index contributed by atoms with van der Waals surface area (Å²) in [5.74, 6) is -0.293. The molecule has 0 fully saturated rings. The van der Waals surface area contributed by atoms with Gasteiger partial charge in [-0.1, -0.05) is 0 Å². The number of hydrogen-bond donors (Lipinski definition) is 1. The fourth-order valence-electron chi connectivity index (χ4n) is 1.22. The molecule has 0 radical (unpaired) electrons. The molecule has 0 bridgehead atoms. The van der Waals surface area contributed by atoms with Crippen LogP contribution in [0.5, 0.6) is 0 Å². The molecule has 0 aromatic carbocycles. The Bertz CT molecular complexity index is 549. The molecule has 0 spiro atoms. The standard InChI is InChI=1S/C10H9BrN2O3S/c1-2-15-10(14)6-8(12)16-9(13-6)7-5(11)3-4-17-7/h3-4H,2,12H2,1H3. The summed E-state index contributed by atoms with van der Waals surface area (Å²) in [6.07, 6.45) is 0. The number of nitrogen functional groups attached to an aromatic ring is 1. The minimum absolute atomic E-state index is 0.0159. The summed E-state index contributed by atoms with van der Waals surface area (Å²) in [6, 6.07) is 1.87. The quantitative estimate of drug-likeness (QED) is 0.881. The van der Waals surface area contributed by atoms with Gasteiger partial charge in [-0.15, -0.1) is 11.3 Å². The number of ether oxygens (including phenoxy) is 1. The maximum Gasteiger partial charge on any atom is 0.362 e. The normalized spacial score (nSPS) is 10.5. The Morgan fingerprint density at radius 2 is 2.47 bits per heavy atom. The molecule has 2 aromatic rings. The van der Waals surface area contributed by atoms with Crippen LogP contribution in [0.2, 0.25) is 0 Å². The van der Waals surface area contributed by atoms with Gasteiger partial charge in [0.2, 0.25) is 17.5 Å². The van der Waals surface area contributed by atoms with Crippen molar-refractivity contribution in [2.45, 2.75) is 6.92 Å². The van der Waals surface area contributed by atoms with Gasteiger partial charge in [0.25, 0.3) is 0 Å². The maximum absolute atomic E-state index is 11.5. The summed E-state index contributed by atoms with van der Waals surface area (Å²) in [6.45, 7) is 1.98. The van der Waals surface area contributed by atoms with E-state index in [1.165, 1.54) is 11.3 Å². The molecule has 7 heteroatoms. The number of thiophene rings is 1. The maximum atomic E-state index is 11.5. The van der Waals surface area contributed by atoms with E-state index in [0.29, 0.717) is 5.89 Å². The number of esters is 1. The molecule has 2 rings (SSSR count). The average Bonchev–Trinajstić information content (AvgIpc) is 2.84. The third-order valence-electron chi connectivity index (χ3n) is 1.93. The van der Waals surface area contributed by atoms with Crippen LogP contribution >= 0.6 is 27.3 Å². The first-order valence-electron chi connectivity index (χ1n) is 4.80. The van der Waals surface area contributed by atoms with Crippen LogP contribution in [0.3, 0.4) is 0 Å². The summed E-state index contributed by atoms with van der Waals surface area (Å²) < 4.78 is 10.9. The molecule has 0 atom stereocenters. The van der Waals surface area contributed by atoms with Crippen molar-refractivity contribution >= 4 is 39.1 Å². The highest BCUT2D eigenvalue weighted by Crippen LogP contribution is 2.34. The highest BCUT2D eigenvalue weighted by molar-refractivity contribution is 9.10. The predicted octanol–water partition coefficient (Wildman–Crippen LogP) is 2.92. The van der Waals surface area contributed by atoms with Crippen LogP contribution in [0.15, 0.2) is 20.3 Å². The molecule has 0 aliphatic heterocycles. The Morgan fingerprint density at radius 3 is 3.06 bits per heavy atom. The number of carbonyl (C=O) groups excluding carboxylic acids is 1. The first kappa shape index (κ1) is 12.1. The number of carbonyl (C=O) groups is 1. The lowest BCUT2D eigenvalue weighted by Crippen LogP contribution is -2.07. The number of aromatic nitrogens is 1. The van der Waals surface area contributed by atoms with Gasteiger partial charge < -0.3 is 14.9 Å². The molecule has 2 N–H and O–H groups in total. The van der Waals surface area contributed by atoms with Crippen molar-refractivity contribution in [1.29, 1.82) is 0 Å². The number of anilines is 1. The number of nitrogens with zero attached hydrogens (tertiary/aromatic N) is 1. The van der Waals surface area contributed by atoms with Crippen LogP contribution in [0.1, 0.15) is 17.4 Å². The van der Waals surface area contributed by atoms with Crippen molar-refractivity contribution in [3.8, 4) is 10.8 Å². The fourth-order valence-corrected chi connectivity index (χ4v) is 2.69. The molecular weight excluding hydrogens is 308 g/mol. The second-order valence-corrected chi connectivity index (χ2v) is 4.82. The summed E-state index contributed by atoms with van der Waals surface area (Å²) in [5.41, 5.74) is 5.60. The van der Waals surface area contributed by atoms with Crippen LogP contribution in [0.4, 0.5) is 5.88 Å². The topological polar surface area (TPSA) is 78.3 Å². The summed E-state index contributed by atoms with van der Waals surface area (Å²) >= 11 is 4.80. The average molecular weight is 317 g/mol. The van der Waals surface area contributed by atoms with E-state index in [-0.39, 0.29) is 18.2 Å². The van der Waals surface area contributed by atoms with Gasteiger partial charge in [0.15, 0.2) is 0 Å². The lowest BCUT2D eigenvalue weighted by Gasteiger charge is -1.96. The van der Waals surface area contributed by atoms with E-state index >= 15 is 0 Å². The van der Waals surface area contributed by atoms with Gasteiger partial charge >= 0.3 is 5.97 Å². The van der Waals surface area contributed by atoms with Crippen molar-refractivity contribution in [3.63, 3.8) is 0 Å². The van der Waals surface area contributed by atoms with Crippen molar-refractivity contribution < 1.29 is 13.9 Å². The van der Waals surface area contributed by atoms with Crippen molar-refractivity contribution in [3.05, 3.63) is 21.6 Å². The van der Waals surface area contributed by atoms with Gasteiger partial charge in [0.1, 0.15) is 4.88 Å². The molecule has 5 nitrogen and oxygen atoms in total. The van der Waals surface area contributed by atoms with Crippen molar-refractivity contribution in [1.82, 2.24) is 4.98 Å². The molecule has 0 unspecified atom stereocenters. The van der Waals surface area contributed by atoms with Crippen LogP contribution < -0.4 is 5.73 Å². The minimum Gasteiger partial charge on any atom is -0.461 e. The van der Waals surface area contributed by atoms with Crippen molar-refractivity contribution in [2.75, 3.05) is 12.3 Å². The van der Waals surface area contributed by atoms with Gasteiger partial charge in [-0.2, -0.15) is 4.98 Å². The number of hydrogen-bond acceptors (Lipinski definition) is 6. The SMILES string of the molecule is CCOC(=O)c1nc(-c2sccc2Br)oc1N. The van der Waals surface area contributed by atoms with E-state index in [9.17, 15) is 4.79 Å². The smallest absolute Gasteiger partial charge is 0.362 e. The van der Waals surface area contributed by atoms with Crippen LogP contribution in [-0.4, -0.2) is 17.6 Å². The number of nitrogens with two attached hydrogens (primary N) is 1. The number of halogens is 1. The van der Waals surface area contributed by atoms with Gasteiger partial charge in [-0.25, -0.2) is 4.79 Å². The van der Waals surface area contributed by atoms with Gasteiger partial charge in [0.05, 0.1) is 6.61 Å². The van der Waals surface area contributed by atoms with Gasteiger partial charge in [0, 0.05) is 4.47 Å². The molecule has 90 valence electrons. The lowest BCUT2D eigenvalue weighted by molar-refractivity contribution is 0.0521. The Morgan fingerprint density at radius 1 is 1.71 bits per heavy atom. The highest BCUT2D eigenvalue weighted by Gasteiger charge is 2.21. The Kier molecular flexibility index (Phi) is 3.49. The molecule has 17 heavy (non-hydrogen) atoms. The Labute approximate surface area is 110 Å². The Hall–Kier alpha value is -1.34. The van der Waals surface area contributed by atoms with Crippen LogP contribution in [0, 0.1) is 0 Å². The molecule has 0 aliphatic carbocycles. The van der Waals surface area contributed by atoms with E-state index in [2.05, 4.69) is 20.9 Å². The largest absolute Gasteiger partial charge is 0.461 e. The van der Waals surface area contributed by atoms with E-state index in [1.54, 1.807) is 6.92 Å². The fraction of sp³-hybridized carbons (Fsp3) is 0.200. The zero-order valence-electron chi connectivity index (χ0n) is 8.90. The first-order chi connectivity index (χ1) is 8.13. The van der Waals surface area contributed by atoms with Crippen LogP contribution in [0.25, 0.3) is 10.8 Å². The second kappa shape index (κ2) is 4.89. The van der Waals surface area contributed by atoms with E-state index in [4.69, 9.17) is 14.9 Å². The monoisotopic (exact) mass is 316 g/mol. The van der Waals surface area contributed by atoms with E-state index < -0.39 is 5.97 Å². The zero-order chi connectivity index (χ0) is 12.4. The molecule has 0 aliphatic rings. The van der Waals surface area contributed by atoms with E-state index in [1.807, 2.05) is 11.4 Å². The van der Waals surface area contributed by atoms with Gasteiger partial charge in [-0.05, 0) is 34.3 Å². The molecule has 0 saturated heterocycles. The summed E-state index contributed by atoms with van der Waals surface area (Å²) in [7, 11) is 0. The Balaban J connectivity index is 2.37. The summed E-state index contributed by atoms with van der Waals surface area (Å²) in [4.78, 5) is 16.3. The molecule has 0 saturated carbocycles. The minimum atomic E-state index is -0.576. The number of oxazole rings is 1. The second-order valence-electron chi connectivity index (χ2n) is 3.05. The lowest BCUT2D eigenvalue weighted by atomic mass is 10.4. The third kappa shape index (κ3) is 2.34. The highest BCUT2D eigenvalue weighted by atomic mass is 79.9. The molecule has 0 amide bonds. The molecule has 2 heterocycles. The van der Waals surface area contributed by atoms with Crippen LogP contribution in [-0.2, 0) is 4.74 Å². The first-order valence-corrected chi connectivity index (χ1v) is 6.47. The predicted molar refractivity (Wildman–Crippen MR) is 67.9 cm³/mol. The number of rotatable bonds is 3. The molecular formula is C10H9BrN2O3S. The zero-order valence-corrected chi connectivity index (χ0v) is 11.3. The third-order valence-corrected chi connectivity index (χ3v) is 3.76. The van der Waals surface area contributed by atoms with E-state index in [0.717, 1.165) is 9.35 Å². The molecule has 2 aromatic heterocycles. The van der Waals surface area contributed by atoms with Crippen molar-refractivity contribution in [2.24, 2.45) is 0 Å². The van der Waals surface area contributed by atoms with Gasteiger partial charge in [-0.3, -0.25) is 0 Å².